The van der Waals surface area contributed by atoms with Gasteiger partial charge in [-0.1, -0.05) is 12.1 Å². The summed E-state index contributed by atoms with van der Waals surface area (Å²) < 4.78 is 44.5. The number of nitrogens with zero attached hydrogens (tertiary/aromatic N) is 1. The van der Waals surface area contributed by atoms with Crippen LogP contribution in [-0.4, -0.2) is 26.9 Å². The monoisotopic (exact) mass is 324 g/mol. The van der Waals surface area contributed by atoms with Gasteiger partial charge in [0, 0.05) is 13.6 Å². The standard InChI is InChI=1S/C15H17FN2O3S/c1-18(10-11-3-5-12(21-2)6-4-11)22(19,20)13-7-8-15(17)14(16)9-13/h3-9H,10,17H2,1-2H3. The van der Waals surface area contributed by atoms with Gasteiger partial charge in [-0.3, -0.25) is 0 Å². The molecule has 22 heavy (non-hydrogen) atoms. The molecule has 0 aliphatic heterocycles. The summed E-state index contributed by atoms with van der Waals surface area (Å²) in [5.74, 6) is -0.0613. The summed E-state index contributed by atoms with van der Waals surface area (Å²) >= 11 is 0. The summed E-state index contributed by atoms with van der Waals surface area (Å²) in [6, 6.07) is 10.5. The number of methoxy groups -OCH3 is 1. The Labute approximate surface area is 129 Å². The number of nitrogen functional groups attached to an aromatic ring is 1. The summed E-state index contributed by atoms with van der Waals surface area (Å²) in [5.41, 5.74) is 6.07. The highest BCUT2D eigenvalue weighted by Crippen LogP contribution is 2.21. The highest BCUT2D eigenvalue weighted by Gasteiger charge is 2.22. The van der Waals surface area contributed by atoms with Crippen molar-refractivity contribution >= 4 is 15.7 Å². The zero-order valence-electron chi connectivity index (χ0n) is 12.3. The SMILES string of the molecule is COc1ccc(CN(C)S(=O)(=O)c2ccc(N)c(F)c2)cc1. The maximum absolute atomic E-state index is 13.5. The van der Waals surface area contributed by atoms with Crippen LogP contribution in [0.3, 0.4) is 0 Å². The molecule has 2 rings (SSSR count). The van der Waals surface area contributed by atoms with Crippen molar-refractivity contribution in [2.24, 2.45) is 0 Å². The fourth-order valence-corrected chi connectivity index (χ4v) is 3.09. The molecule has 0 radical (unpaired) electrons. The number of hydrogen-bond acceptors (Lipinski definition) is 4. The second-order valence-electron chi connectivity index (χ2n) is 4.79. The van der Waals surface area contributed by atoms with Crippen molar-refractivity contribution in [3.05, 3.63) is 53.8 Å². The largest absolute Gasteiger partial charge is 0.497 e. The van der Waals surface area contributed by atoms with Crippen molar-refractivity contribution < 1.29 is 17.5 Å². The van der Waals surface area contributed by atoms with E-state index in [0.717, 1.165) is 15.9 Å². The van der Waals surface area contributed by atoms with Gasteiger partial charge >= 0.3 is 0 Å². The number of hydrogen-bond donors (Lipinski definition) is 1. The minimum Gasteiger partial charge on any atom is -0.497 e. The van der Waals surface area contributed by atoms with Crippen LogP contribution in [0.15, 0.2) is 47.4 Å². The molecule has 0 saturated carbocycles. The Morgan fingerprint density at radius 3 is 2.36 bits per heavy atom. The first-order chi connectivity index (χ1) is 10.3. The van der Waals surface area contributed by atoms with Crippen molar-refractivity contribution in [3.8, 4) is 5.75 Å². The van der Waals surface area contributed by atoms with Crippen LogP contribution < -0.4 is 10.5 Å². The van der Waals surface area contributed by atoms with Gasteiger partial charge in [-0.15, -0.1) is 0 Å². The lowest BCUT2D eigenvalue weighted by atomic mass is 10.2. The van der Waals surface area contributed by atoms with Gasteiger partial charge in [0.15, 0.2) is 0 Å². The van der Waals surface area contributed by atoms with E-state index in [-0.39, 0.29) is 17.1 Å². The maximum atomic E-state index is 13.5. The molecule has 0 saturated heterocycles. The highest BCUT2D eigenvalue weighted by atomic mass is 32.2. The lowest BCUT2D eigenvalue weighted by Gasteiger charge is -2.17. The van der Waals surface area contributed by atoms with Crippen molar-refractivity contribution in [3.63, 3.8) is 0 Å². The minimum atomic E-state index is -3.79. The number of halogens is 1. The molecule has 0 unspecified atom stereocenters. The van der Waals surface area contributed by atoms with E-state index in [4.69, 9.17) is 10.5 Å². The first kappa shape index (κ1) is 16.3. The Kier molecular flexibility index (Phi) is 4.68. The molecule has 7 heteroatoms. The summed E-state index contributed by atoms with van der Waals surface area (Å²) in [6.07, 6.45) is 0. The van der Waals surface area contributed by atoms with E-state index in [1.807, 2.05) is 0 Å². The van der Waals surface area contributed by atoms with Crippen LogP contribution in [0.4, 0.5) is 10.1 Å². The molecule has 0 spiro atoms. The van der Waals surface area contributed by atoms with Crippen LogP contribution in [-0.2, 0) is 16.6 Å². The van der Waals surface area contributed by atoms with Gasteiger partial charge < -0.3 is 10.5 Å². The fourth-order valence-electron chi connectivity index (χ4n) is 1.92. The van der Waals surface area contributed by atoms with E-state index < -0.39 is 15.8 Å². The Hall–Kier alpha value is -2.12. The lowest BCUT2D eigenvalue weighted by molar-refractivity contribution is 0.414. The smallest absolute Gasteiger partial charge is 0.243 e. The average molecular weight is 324 g/mol. The molecule has 5 nitrogen and oxygen atoms in total. The quantitative estimate of drug-likeness (QED) is 0.856. The van der Waals surface area contributed by atoms with Gasteiger partial charge in [0.2, 0.25) is 10.0 Å². The molecule has 0 aliphatic carbocycles. The average Bonchev–Trinajstić information content (AvgIpc) is 2.50. The second kappa shape index (κ2) is 6.33. The third kappa shape index (κ3) is 3.37. The van der Waals surface area contributed by atoms with Crippen LogP contribution in [0.1, 0.15) is 5.56 Å². The topological polar surface area (TPSA) is 72.6 Å². The molecule has 2 aromatic carbocycles. The van der Waals surface area contributed by atoms with Gasteiger partial charge in [-0.05, 0) is 35.9 Å². The summed E-state index contributed by atoms with van der Waals surface area (Å²) in [6.45, 7) is 0.165. The van der Waals surface area contributed by atoms with Gasteiger partial charge in [0.1, 0.15) is 11.6 Å². The summed E-state index contributed by atoms with van der Waals surface area (Å²) in [7, 11) is -0.790. The summed E-state index contributed by atoms with van der Waals surface area (Å²) in [4.78, 5) is -0.129. The number of nitrogens with two attached hydrogens (primary N) is 1. The lowest BCUT2D eigenvalue weighted by Crippen LogP contribution is -2.26. The predicted molar refractivity (Wildman–Crippen MR) is 82.5 cm³/mol. The van der Waals surface area contributed by atoms with E-state index in [1.54, 1.807) is 31.4 Å². The van der Waals surface area contributed by atoms with Gasteiger partial charge in [0.05, 0.1) is 17.7 Å². The molecule has 0 atom stereocenters. The molecule has 0 heterocycles. The van der Waals surface area contributed by atoms with Crippen LogP contribution >= 0.6 is 0 Å². The predicted octanol–water partition coefficient (Wildman–Crippen LogP) is 2.24. The number of sulfonamides is 1. The first-order valence-electron chi connectivity index (χ1n) is 6.49. The Balaban J connectivity index is 2.22. The van der Waals surface area contributed by atoms with Crippen molar-refractivity contribution in [1.82, 2.24) is 4.31 Å². The van der Waals surface area contributed by atoms with E-state index in [9.17, 15) is 12.8 Å². The van der Waals surface area contributed by atoms with E-state index in [0.29, 0.717) is 5.75 Å². The summed E-state index contributed by atoms with van der Waals surface area (Å²) in [5, 5.41) is 0. The molecule has 0 amide bonds. The Morgan fingerprint density at radius 2 is 1.82 bits per heavy atom. The van der Waals surface area contributed by atoms with Crippen LogP contribution in [0.5, 0.6) is 5.75 Å². The van der Waals surface area contributed by atoms with Crippen molar-refractivity contribution in [1.29, 1.82) is 0 Å². The van der Waals surface area contributed by atoms with E-state index >= 15 is 0 Å². The molecule has 0 bridgehead atoms. The third-order valence-electron chi connectivity index (χ3n) is 3.24. The first-order valence-corrected chi connectivity index (χ1v) is 7.93. The molecule has 2 N–H and O–H groups in total. The number of anilines is 1. The number of benzene rings is 2. The number of ether oxygens (including phenoxy) is 1. The van der Waals surface area contributed by atoms with E-state index in [1.165, 1.54) is 19.2 Å². The highest BCUT2D eigenvalue weighted by molar-refractivity contribution is 7.89. The van der Waals surface area contributed by atoms with Gasteiger partial charge in [0.25, 0.3) is 0 Å². The maximum Gasteiger partial charge on any atom is 0.243 e. The molecule has 118 valence electrons. The van der Waals surface area contributed by atoms with Crippen LogP contribution in [0.25, 0.3) is 0 Å². The molecule has 0 aliphatic rings. The fraction of sp³-hybridized carbons (Fsp3) is 0.200. The minimum absolute atomic E-state index is 0.0863. The van der Waals surface area contributed by atoms with Crippen LogP contribution in [0.2, 0.25) is 0 Å². The second-order valence-corrected chi connectivity index (χ2v) is 6.84. The normalized spacial score (nSPS) is 11.6. The van der Waals surface area contributed by atoms with Crippen molar-refractivity contribution in [2.45, 2.75) is 11.4 Å². The molecular weight excluding hydrogens is 307 g/mol. The van der Waals surface area contributed by atoms with E-state index in [2.05, 4.69) is 0 Å². The van der Waals surface area contributed by atoms with Gasteiger partial charge in [-0.25, -0.2) is 12.8 Å². The third-order valence-corrected chi connectivity index (χ3v) is 5.04. The zero-order valence-corrected chi connectivity index (χ0v) is 13.1. The Bertz CT molecular complexity index is 761. The van der Waals surface area contributed by atoms with Crippen molar-refractivity contribution in [2.75, 3.05) is 19.9 Å². The number of rotatable bonds is 5. The van der Waals surface area contributed by atoms with Crippen LogP contribution in [0, 0.1) is 5.82 Å². The molecule has 0 aromatic heterocycles. The van der Waals surface area contributed by atoms with Gasteiger partial charge in [-0.2, -0.15) is 4.31 Å². The molecule has 2 aromatic rings. The molecule has 0 fully saturated rings. The zero-order chi connectivity index (χ0) is 16.3. The molecular formula is C15H17FN2O3S. The Morgan fingerprint density at radius 1 is 1.18 bits per heavy atom.